The van der Waals surface area contributed by atoms with Crippen LogP contribution in [0, 0.1) is 0 Å². The summed E-state index contributed by atoms with van der Waals surface area (Å²) in [7, 11) is 3.04. The summed E-state index contributed by atoms with van der Waals surface area (Å²) in [6.45, 7) is 3.85. The number of aliphatic hydroxyl groups is 3. The molecule has 2 aromatic rings. The summed E-state index contributed by atoms with van der Waals surface area (Å²) in [5.74, 6) is 1.10. The maximum Gasteiger partial charge on any atom is 0.330 e. The number of benzene rings is 2. The Hall–Kier alpha value is -3.41. The zero-order chi connectivity index (χ0) is 27.5. The summed E-state index contributed by atoms with van der Waals surface area (Å²) in [4.78, 5) is 12.2. The van der Waals surface area contributed by atoms with E-state index in [0.29, 0.717) is 35.8 Å². The van der Waals surface area contributed by atoms with Crippen molar-refractivity contribution in [3.63, 3.8) is 0 Å². The van der Waals surface area contributed by atoms with E-state index in [1.54, 1.807) is 24.3 Å². The molecule has 0 saturated carbocycles. The Balaban J connectivity index is 1.49. The monoisotopic (exact) mass is 530 g/mol. The Kier molecular flexibility index (Phi) is 11.1. The molecule has 10 heteroatoms. The van der Waals surface area contributed by atoms with Gasteiger partial charge in [0.25, 0.3) is 0 Å². The fourth-order valence-corrected chi connectivity index (χ4v) is 3.73. The van der Waals surface area contributed by atoms with Crippen LogP contribution in [0.5, 0.6) is 17.2 Å². The second kappa shape index (κ2) is 14.5. The molecule has 1 fully saturated rings. The van der Waals surface area contributed by atoms with Gasteiger partial charge >= 0.3 is 5.97 Å². The third kappa shape index (κ3) is 8.04. The molecule has 206 valence electrons. The van der Waals surface area contributed by atoms with E-state index in [0.717, 1.165) is 5.56 Å². The highest BCUT2D eigenvalue weighted by molar-refractivity contribution is 5.87. The average Bonchev–Trinajstić information content (AvgIpc) is 2.94. The highest BCUT2D eigenvalue weighted by Gasteiger charge is 2.44. The van der Waals surface area contributed by atoms with Gasteiger partial charge in [0.05, 0.1) is 20.8 Å². The standard InChI is InChI=1S/C28H34O10/c1-4-14-35-20-9-5-18(6-10-20)13-15-36-28-27(32)26(31)25(30)23(38-28)17-37-24(29)12-8-19-7-11-21(33-2)22(16-19)34-3/h4-12,16,23,25-28,30-32H,1,13-15,17H2,2-3H3/b12-8+/t23-,25-,26+,27-,28-/m1/s1. The third-order valence-electron chi connectivity index (χ3n) is 5.84. The molecule has 0 aromatic heterocycles. The number of methoxy groups -OCH3 is 2. The summed E-state index contributed by atoms with van der Waals surface area (Å²) in [5.41, 5.74) is 1.65. The van der Waals surface area contributed by atoms with E-state index in [2.05, 4.69) is 6.58 Å². The molecular formula is C28H34O10. The van der Waals surface area contributed by atoms with Crippen LogP contribution >= 0.6 is 0 Å². The van der Waals surface area contributed by atoms with Gasteiger partial charge in [-0.3, -0.25) is 0 Å². The molecule has 0 bridgehead atoms. The lowest BCUT2D eigenvalue weighted by Crippen LogP contribution is -2.59. The average molecular weight is 531 g/mol. The summed E-state index contributed by atoms with van der Waals surface area (Å²) in [6.07, 6.45) is -1.89. The number of hydrogen-bond donors (Lipinski definition) is 3. The summed E-state index contributed by atoms with van der Waals surface area (Å²) in [6, 6.07) is 12.6. The fourth-order valence-electron chi connectivity index (χ4n) is 3.73. The minimum Gasteiger partial charge on any atom is -0.493 e. The predicted octanol–water partition coefficient (Wildman–Crippen LogP) is 1.89. The Labute approximate surface area is 221 Å². The van der Waals surface area contributed by atoms with Gasteiger partial charge in [-0.1, -0.05) is 30.9 Å². The highest BCUT2D eigenvalue weighted by atomic mass is 16.7. The lowest BCUT2D eigenvalue weighted by atomic mass is 9.99. The SMILES string of the molecule is C=CCOc1ccc(CCO[C@@H]2O[C@H](COC(=O)/C=C/c3ccc(OC)c(OC)c3)[C@@H](O)[C@H](O)[C@H]2O)cc1. The first-order valence-corrected chi connectivity index (χ1v) is 12.1. The van der Waals surface area contributed by atoms with Crippen molar-refractivity contribution in [3.8, 4) is 17.2 Å². The van der Waals surface area contributed by atoms with Crippen LogP contribution in [0.15, 0.2) is 61.2 Å². The zero-order valence-electron chi connectivity index (χ0n) is 21.4. The van der Waals surface area contributed by atoms with Crippen molar-refractivity contribution in [2.24, 2.45) is 0 Å². The van der Waals surface area contributed by atoms with Gasteiger partial charge in [-0.05, 0) is 47.9 Å². The van der Waals surface area contributed by atoms with Gasteiger partial charge in [0.2, 0.25) is 0 Å². The maximum absolute atomic E-state index is 12.2. The molecular weight excluding hydrogens is 496 g/mol. The van der Waals surface area contributed by atoms with Crippen LogP contribution in [0.3, 0.4) is 0 Å². The van der Waals surface area contributed by atoms with Gasteiger partial charge in [0.1, 0.15) is 43.4 Å². The summed E-state index contributed by atoms with van der Waals surface area (Å²) < 4.78 is 32.3. The number of ether oxygens (including phenoxy) is 6. The van der Waals surface area contributed by atoms with Gasteiger partial charge in [0, 0.05) is 6.08 Å². The van der Waals surface area contributed by atoms with Crippen molar-refractivity contribution in [2.75, 3.05) is 34.0 Å². The second-order valence-electron chi connectivity index (χ2n) is 8.46. The van der Waals surface area contributed by atoms with Gasteiger partial charge in [-0.25, -0.2) is 4.79 Å². The molecule has 38 heavy (non-hydrogen) atoms. The number of carbonyl (C=O) groups is 1. The van der Waals surface area contributed by atoms with E-state index in [4.69, 9.17) is 28.4 Å². The molecule has 1 aliphatic rings. The summed E-state index contributed by atoms with van der Waals surface area (Å²) in [5, 5.41) is 30.8. The molecule has 5 atom stereocenters. The minimum atomic E-state index is -1.54. The molecule has 10 nitrogen and oxygen atoms in total. The highest BCUT2D eigenvalue weighted by Crippen LogP contribution is 2.28. The van der Waals surface area contributed by atoms with E-state index in [9.17, 15) is 20.1 Å². The van der Waals surface area contributed by atoms with Crippen LogP contribution in [0.25, 0.3) is 6.08 Å². The van der Waals surface area contributed by atoms with Crippen molar-refractivity contribution >= 4 is 12.0 Å². The molecule has 1 heterocycles. The first-order chi connectivity index (χ1) is 18.4. The Morgan fingerprint density at radius 3 is 2.42 bits per heavy atom. The van der Waals surface area contributed by atoms with Crippen molar-refractivity contribution in [1.29, 1.82) is 0 Å². The third-order valence-corrected chi connectivity index (χ3v) is 5.84. The van der Waals surface area contributed by atoms with Gasteiger partial charge in [0.15, 0.2) is 17.8 Å². The predicted molar refractivity (Wildman–Crippen MR) is 138 cm³/mol. The van der Waals surface area contributed by atoms with E-state index in [1.807, 2.05) is 24.3 Å². The lowest BCUT2D eigenvalue weighted by molar-refractivity contribution is -0.301. The fraction of sp³-hybridized carbons (Fsp3) is 0.393. The number of aliphatic hydroxyl groups excluding tert-OH is 3. The van der Waals surface area contributed by atoms with Crippen LogP contribution in [0.2, 0.25) is 0 Å². The largest absolute Gasteiger partial charge is 0.493 e. The molecule has 0 unspecified atom stereocenters. The van der Waals surface area contributed by atoms with E-state index in [-0.39, 0.29) is 13.2 Å². The second-order valence-corrected chi connectivity index (χ2v) is 8.46. The first-order valence-electron chi connectivity index (χ1n) is 12.1. The lowest BCUT2D eigenvalue weighted by Gasteiger charge is -2.39. The normalized spacial score (nSPS) is 23.1. The van der Waals surface area contributed by atoms with Crippen LogP contribution in [0.1, 0.15) is 11.1 Å². The van der Waals surface area contributed by atoms with Crippen molar-refractivity contribution in [3.05, 3.63) is 72.3 Å². The molecule has 3 rings (SSSR count). The van der Waals surface area contributed by atoms with E-state index < -0.39 is 36.7 Å². The Morgan fingerprint density at radius 1 is 1.00 bits per heavy atom. The van der Waals surface area contributed by atoms with Crippen LogP contribution in [-0.2, 0) is 25.4 Å². The van der Waals surface area contributed by atoms with E-state index >= 15 is 0 Å². The number of rotatable bonds is 13. The van der Waals surface area contributed by atoms with Gasteiger partial charge < -0.3 is 43.7 Å². The van der Waals surface area contributed by atoms with E-state index in [1.165, 1.54) is 26.4 Å². The number of esters is 1. The molecule has 0 spiro atoms. The molecule has 2 aromatic carbocycles. The number of carbonyl (C=O) groups excluding carboxylic acids is 1. The van der Waals surface area contributed by atoms with Crippen molar-refractivity contribution < 1.29 is 48.5 Å². The molecule has 1 aliphatic heterocycles. The van der Waals surface area contributed by atoms with Gasteiger partial charge in [-0.15, -0.1) is 0 Å². The molecule has 1 saturated heterocycles. The molecule has 0 amide bonds. The Morgan fingerprint density at radius 2 is 1.74 bits per heavy atom. The molecule has 0 aliphatic carbocycles. The quantitative estimate of drug-likeness (QED) is 0.200. The van der Waals surface area contributed by atoms with Crippen LogP contribution in [-0.4, -0.2) is 86.0 Å². The zero-order valence-corrected chi connectivity index (χ0v) is 21.4. The smallest absolute Gasteiger partial charge is 0.330 e. The topological polar surface area (TPSA) is 133 Å². The maximum atomic E-state index is 12.2. The summed E-state index contributed by atoms with van der Waals surface area (Å²) >= 11 is 0. The first kappa shape index (κ1) is 29.2. The Bertz CT molecular complexity index is 1070. The van der Waals surface area contributed by atoms with Crippen LogP contribution in [0.4, 0.5) is 0 Å². The minimum absolute atomic E-state index is 0.179. The van der Waals surface area contributed by atoms with Crippen molar-refractivity contribution in [2.45, 2.75) is 37.1 Å². The van der Waals surface area contributed by atoms with Crippen LogP contribution < -0.4 is 14.2 Å². The molecule has 3 N–H and O–H groups in total. The number of hydrogen-bond acceptors (Lipinski definition) is 10. The molecule has 0 radical (unpaired) electrons. The van der Waals surface area contributed by atoms with Gasteiger partial charge in [-0.2, -0.15) is 0 Å². The van der Waals surface area contributed by atoms with Crippen molar-refractivity contribution in [1.82, 2.24) is 0 Å².